The number of piperidine rings is 1. The number of halogens is 3. The van der Waals surface area contributed by atoms with Crippen LogP contribution in [-0.4, -0.2) is 61.8 Å². The highest BCUT2D eigenvalue weighted by Crippen LogP contribution is 2.15. The molecule has 0 unspecified atom stereocenters. The van der Waals surface area contributed by atoms with Crippen LogP contribution >= 0.6 is 0 Å². The van der Waals surface area contributed by atoms with Crippen molar-refractivity contribution in [2.45, 2.75) is 25.1 Å². The van der Waals surface area contributed by atoms with Crippen molar-refractivity contribution in [2.75, 3.05) is 33.7 Å². The van der Waals surface area contributed by atoms with Crippen LogP contribution in [0.3, 0.4) is 0 Å². The molecule has 7 heteroatoms. The smallest absolute Gasteiger partial charge is 0.329 e. The van der Waals surface area contributed by atoms with Crippen LogP contribution in [0.25, 0.3) is 0 Å². The van der Waals surface area contributed by atoms with Gasteiger partial charge in [-0.15, -0.1) is 0 Å². The number of amides is 2. The Labute approximate surface area is 98.7 Å². The highest BCUT2D eigenvalue weighted by molar-refractivity contribution is 5.74. The quantitative estimate of drug-likeness (QED) is 0.804. The molecule has 0 aliphatic carbocycles. The first-order valence-corrected chi connectivity index (χ1v) is 5.55. The van der Waals surface area contributed by atoms with E-state index in [4.69, 9.17) is 0 Å². The van der Waals surface area contributed by atoms with Crippen LogP contribution in [0, 0.1) is 0 Å². The number of hydrogen-bond acceptors (Lipinski definition) is 2. The van der Waals surface area contributed by atoms with Gasteiger partial charge in [0, 0.05) is 13.1 Å². The van der Waals surface area contributed by atoms with Crippen LogP contribution < -0.4 is 5.32 Å². The second kappa shape index (κ2) is 5.57. The number of hydrogen-bond donors (Lipinski definition) is 1. The zero-order chi connectivity index (χ0) is 13.1. The molecule has 1 N–H and O–H groups in total. The molecule has 0 aromatic heterocycles. The summed E-state index contributed by atoms with van der Waals surface area (Å²) >= 11 is 0. The summed E-state index contributed by atoms with van der Waals surface area (Å²) in [6.07, 6.45) is -2.76. The van der Waals surface area contributed by atoms with E-state index in [0.717, 1.165) is 25.9 Å². The predicted octanol–water partition coefficient (Wildman–Crippen LogP) is 1.28. The molecule has 0 aromatic rings. The van der Waals surface area contributed by atoms with Crippen molar-refractivity contribution in [3.63, 3.8) is 0 Å². The Morgan fingerprint density at radius 2 is 1.94 bits per heavy atom. The number of carbonyl (C=O) groups excluding carboxylic acids is 1. The van der Waals surface area contributed by atoms with Gasteiger partial charge in [0.2, 0.25) is 0 Å². The topological polar surface area (TPSA) is 35.6 Å². The average molecular weight is 253 g/mol. The fourth-order valence-corrected chi connectivity index (χ4v) is 1.85. The molecule has 0 bridgehead atoms. The fraction of sp³-hybridized carbons (Fsp3) is 0.900. The van der Waals surface area contributed by atoms with Crippen molar-refractivity contribution in [3.05, 3.63) is 0 Å². The maximum Gasteiger partial charge on any atom is 0.405 e. The number of nitrogens with one attached hydrogen (secondary N) is 1. The zero-order valence-corrected chi connectivity index (χ0v) is 10.0. The van der Waals surface area contributed by atoms with Crippen molar-refractivity contribution in [1.82, 2.24) is 15.1 Å². The monoisotopic (exact) mass is 253 g/mol. The highest BCUT2D eigenvalue weighted by atomic mass is 19.4. The van der Waals surface area contributed by atoms with E-state index in [0.29, 0.717) is 0 Å². The molecule has 0 aromatic carbocycles. The van der Waals surface area contributed by atoms with E-state index < -0.39 is 18.8 Å². The Morgan fingerprint density at radius 1 is 1.41 bits per heavy atom. The molecule has 1 saturated heterocycles. The maximum absolute atomic E-state index is 11.9. The van der Waals surface area contributed by atoms with Crippen molar-refractivity contribution < 1.29 is 18.0 Å². The van der Waals surface area contributed by atoms with Gasteiger partial charge in [-0.25, -0.2) is 4.79 Å². The molecule has 0 spiro atoms. The Kier molecular flexibility index (Phi) is 4.62. The molecular formula is C10H18F3N3O. The van der Waals surface area contributed by atoms with Crippen LogP contribution in [0.5, 0.6) is 0 Å². The summed E-state index contributed by atoms with van der Waals surface area (Å²) in [7, 11) is 3.53. The van der Waals surface area contributed by atoms with Crippen LogP contribution in [-0.2, 0) is 0 Å². The molecule has 1 fully saturated rings. The molecule has 1 aliphatic rings. The van der Waals surface area contributed by atoms with Gasteiger partial charge < -0.3 is 15.1 Å². The zero-order valence-electron chi connectivity index (χ0n) is 10.0. The van der Waals surface area contributed by atoms with Gasteiger partial charge in [0.05, 0.1) is 0 Å². The summed E-state index contributed by atoms with van der Waals surface area (Å²) in [5.41, 5.74) is 0. The normalized spacial score (nSPS) is 19.1. The van der Waals surface area contributed by atoms with E-state index >= 15 is 0 Å². The van der Waals surface area contributed by atoms with Gasteiger partial charge in [-0.2, -0.15) is 13.2 Å². The molecule has 100 valence electrons. The Morgan fingerprint density at radius 3 is 2.41 bits per heavy atom. The number of rotatable bonds is 2. The summed E-state index contributed by atoms with van der Waals surface area (Å²) in [5.74, 6) is 0. The summed E-state index contributed by atoms with van der Waals surface area (Å²) < 4.78 is 35.8. The second-order valence-corrected chi connectivity index (χ2v) is 4.42. The van der Waals surface area contributed by atoms with E-state index in [1.807, 2.05) is 12.4 Å². The van der Waals surface area contributed by atoms with Crippen LogP contribution in [0.2, 0.25) is 0 Å². The molecule has 1 rings (SSSR count). The molecule has 0 atom stereocenters. The number of alkyl halides is 3. The lowest BCUT2D eigenvalue weighted by Crippen LogP contribution is -2.49. The maximum atomic E-state index is 11.9. The van der Waals surface area contributed by atoms with Crippen LogP contribution in [0.4, 0.5) is 18.0 Å². The average Bonchev–Trinajstić information content (AvgIpc) is 2.25. The lowest BCUT2D eigenvalue weighted by Gasteiger charge is -2.35. The lowest BCUT2D eigenvalue weighted by molar-refractivity contribution is -0.123. The Balaban J connectivity index is 2.36. The minimum Gasteiger partial charge on any atom is -0.329 e. The number of urea groups is 1. The number of carbonyl (C=O) groups is 1. The number of nitrogens with zero attached hydrogens (tertiary/aromatic N) is 2. The first-order valence-electron chi connectivity index (χ1n) is 5.55. The van der Waals surface area contributed by atoms with E-state index in [-0.39, 0.29) is 6.04 Å². The van der Waals surface area contributed by atoms with Gasteiger partial charge >= 0.3 is 12.2 Å². The van der Waals surface area contributed by atoms with Crippen molar-refractivity contribution in [3.8, 4) is 0 Å². The molecule has 1 aliphatic heterocycles. The van der Waals surface area contributed by atoms with Gasteiger partial charge in [-0.05, 0) is 33.0 Å². The lowest BCUT2D eigenvalue weighted by atomic mass is 10.0. The first kappa shape index (κ1) is 14.1. The van der Waals surface area contributed by atoms with Gasteiger partial charge in [-0.1, -0.05) is 0 Å². The van der Waals surface area contributed by atoms with E-state index in [2.05, 4.69) is 4.90 Å². The van der Waals surface area contributed by atoms with E-state index in [1.165, 1.54) is 4.90 Å². The third-order valence-electron chi connectivity index (χ3n) is 3.00. The third kappa shape index (κ3) is 4.80. The van der Waals surface area contributed by atoms with Gasteiger partial charge in [-0.3, -0.25) is 0 Å². The second-order valence-electron chi connectivity index (χ2n) is 4.42. The minimum atomic E-state index is -4.36. The molecular weight excluding hydrogens is 235 g/mol. The summed E-state index contributed by atoms with van der Waals surface area (Å²) in [6, 6.07) is -0.628. The highest BCUT2D eigenvalue weighted by Gasteiger charge is 2.30. The minimum absolute atomic E-state index is 0.0273. The molecule has 1 heterocycles. The molecule has 0 radical (unpaired) electrons. The predicted molar refractivity (Wildman–Crippen MR) is 57.7 cm³/mol. The van der Waals surface area contributed by atoms with Crippen molar-refractivity contribution in [1.29, 1.82) is 0 Å². The SMILES string of the molecule is CN1CCC(N(C)C(=O)NCC(F)(F)F)CC1. The van der Waals surface area contributed by atoms with Gasteiger partial charge in [0.25, 0.3) is 0 Å². The van der Waals surface area contributed by atoms with Gasteiger partial charge in [0.15, 0.2) is 0 Å². The summed E-state index contributed by atoms with van der Waals surface area (Å²) in [4.78, 5) is 15.0. The van der Waals surface area contributed by atoms with Crippen molar-refractivity contribution in [2.24, 2.45) is 0 Å². The standard InChI is InChI=1S/C10H18F3N3O/c1-15-5-3-8(4-6-15)16(2)9(17)14-7-10(11,12)13/h8H,3-7H2,1-2H3,(H,14,17). The van der Waals surface area contributed by atoms with E-state index in [1.54, 1.807) is 7.05 Å². The Hall–Kier alpha value is -0.980. The largest absolute Gasteiger partial charge is 0.405 e. The van der Waals surface area contributed by atoms with Crippen molar-refractivity contribution >= 4 is 6.03 Å². The van der Waals surface area contributed by atoms with E-state index in [9.17, 15) is 18.0 Å². The Bertz CT molecular complexity index is 262. The first-order chi connectivity index (χ1) is 7.79. The number of likely N-dealkylation sites (tertiary alicyclic amines) is 1. The molecule has 17 heavy (non-hydrogen) atoms. The summed E-state index contributed by atoms with van der Waals surface area (Å²) in [5, 5.41) is 1.88. The molecule has 2 amide bonds. The van der Waals surface area contributed by atoms with Crippen LogP contribution in [0.15, 0.2) is 0 Å². The molecule has 4 nitrogen and oxygen atoms in total. The van der Waals surface area contributed by atoms with Crippen LogP contribution in [0.1, 0.15) is 12.8 Å². The van der Waals surface area contributed by atoms with Gasteiger partial charge in [0.1, 0.15) is 6.54 Å². The molecule has 0 saturated carbocycles. The fourth-order valence-electron chi connectivity index (χ4n) is 1.85. The third-order valence-corrected chi connectivity index (χ3v) is 3.00. The summed E-state index contributed by atoms with van der Waals surface area (Å²) in [6.45, 7) is 0.450.